The van der Waals surface area contributed by atoms with E-state index in [1.807, 2.05) is 0 Å². The average molecular weight is 261 g/mol. The molecule has 0 bridgehead atoms. The van der Waals surface area contributed by atoms with E-state index in [1.165, 1.54) is 12.0 Å². The van der Waals surface area contributed by atoms with E-state index in [0.29, 0.717) is 5.92 Å². The van der Waals surface area contributed by atoms with Crippen LogP contribution < -0.4 is 4.84 Å². The summed E-state index contributed by atoms with van der Waals surface area (Å²) in [5.41, 5.74) is 1.42. The zero-order valence-corrected chi connectivity index (χ0v) is 9.48. The molecule has 2 atom stereocenters. The molecule has 0 aliphatic heterocycles. The monoisotopic (exact) mass is 259 g/mol. The van der Waals surface area contributed by atoms with Gasteiger partial charge in [-0.2, -0.15) is 0 Å². The van der Waals surface area contributed by atoms with Gasteiger partial charge in [-0.15, -0.1) is 0 Å². The molecule has 0 spiro atoms. The lowest BCUT2D eigenvalue weighted by Gasteiger charge is -1.99. The van der Waals surface area contributed by atoms with Crippen LogP contribution in [0.15, 0.2) is 28.7 Å². The summed E-state index contributed by atoms with van der Waals surface area (Å²) in [6.07, 6.45) is 1.26. The Morgan fingerprint density at radius 3 is 3.08 bits per heavy atom. The van der Waals surface area contributed by atoms with Crippen molar-refractivity contribution in [3.05, 3.63) is 34.3 Å². The fourth-order valence-electron chi connectivity index (χ4n) is 1.72. The fraction of sp³-hybridized carbons (Fsp3) is 0.400. The van der Waals surface area contributed by atoms with E-state index in [0.717, 1.165) is 16.9 Å². The minimum atomic E-state index is 0.712. The highest BCUT2D eigenvalue weighted by molar-refractivity contribution is 9.10. The van der Waals surface area contributed by atoms with Crippen LogP contribution in [-0.2, 0) is 0 Å². The molecular weight excluding hydrogens is 249 g/mol. The predicted octanol–water partition coefficient (Wildman–Crippen LogP) is 3.30. The Kier molecular flexibility index (Phi) is 2.92. The van der Waals surface area contributed by atoms with Gasteiger partial charge in [-0.05, 0) is 47.7 Å². The van der Waals surface area contributed by atoms with Crippen molar-refractivity contribution < 1.29 is 0 Å². The molecule has 0 radical (unpaired) electrons. The molecule has 13 heavy (non-hydrogen) atoms. The van der Waals surface area contributed by atoms with Crippen molar-refractivity contribution in [2.45, 2.75) is 12.3 Å². The Hall–Kier alpha value is -0.0500. The number of halogens is 2. The normalized spacial score (nSPS) is 26.0. The van der Waals surface area contributed by atoms with Crippen molar-refractivity contribution in [2.75, 3.05) is 6.54 Å². The maximum Gasteiger partial charge on any atom is 0.0178 e. The van der Waals surface area contributed by atoms with Crippen molar-refractivity contribution in [1.29, 1.82) is 0 Å². The number of hydrogen-bond acceptors (Lipinski definition) is 1. The van der Waals surface area contributed by atoms with Gasteiger partial charge in [0.15, 0.2) is 0 Å². The van der Waals surface area contributed by atoms with E-state index in [-0.39, 0.29) is 0 Å². The lowest BCUT2D eigenvalue weighted by Crippen LogP contribution is -2.03. The summed E-state index contributed by atoms with van der Waals surface area (Å²) in [6.45, 7) is 0.915. The molecule has 0 saturated heterocycles. The molecule has 1 aromatic rings. The van der Waals surface area contributed by atoms with E-state index in [9.17, 15) is 0 Å². The van der Waals surface area contributed by atoms with Crippen LogP contribution in [0.4, 0.5) is 0 Å². The van der Waals surface area contributed by atoms with Gasteiger partial charge < -0.3 is 0 Å². The highest BCUT2D eigenvalue weighted by Gasteiger charge is 2.37. The van der Waals surface area contributed by atoms with Crippen LogP contribution in [-0.4, -0.2) is 6.54 Å². The highest BCUT2D eigenvalue weighted by atomic mass is 79.9. The van der Waals surface area contributed by atoms with Crippen LogP contribution >= 0.6 is 27.7 Å². The van der Waals surface area contributed by atoms with Crippen LogP contribution in [0.1, 0.15) is 17.9 Å². The third kappa shape index (κ3) is 2.25. The molecule has 0 amide bonds. The lowest BCUT2D eigenvalue weighted by molar-refractivity contribution is 0.766. The van der Waals surface area contributed by atoms with Crippen molar-refractivity contribution in [3.8, 4) is 0 Å². The first-order chi connectivity index (χ1) is 6.31. The summed E-state index contributed by atoms with van der Waals surface area (Å²) < 4.78 is 1.16. The lowest BCUT2D eigenvalue weighted by atomic mass is 10.1. The molecule has 2 unspecified atom stereocenters. The second-order valence-electron chi connectivity index (χ2n) is 3.50. The van der Waals surface area contributed by atoms with Crippen molar-refractivity contribution in [2.24, 2.45) is 5.92 Å². The molecule has 70 valence electrons. The molecule has 1 nitrogen and oxygen atoms in total. The summed E-state index contributed by atoms with van der Waals surface area (Å²) in [7, 11) is 0. The highest BCUT2D eigenvalue weighted by Crippen LogP contribution is 2.47. The number of rotatable bonds is 3. The summed E-state index contributed by atoms with van der Waals surface area (Å²) in [5, 5.41) is 0. The Bertz CT molecular complexity index is 303. The summed E-state index contributed by atoms with van der Waals surface area (Å²) in [4.78, 5) is 2.70. The van der Waals surface area contributed by atoms with Crippen molar-refractivity contribution >= 4 is 27.7 Å². The van der Waals surface area contributed by atoms with Crippen molar-refractivity contribution in [3.63, 3.8) is 0 Å². The molecule has 1 aromatic carbocycles. The maximum absolute atomic E-state index is 5.46. The van der Waals surface area contributed by atoms with E-state index in [4.69, 9.17) is 11.8 Å². The number of hydrogen-bond donors (Lipinski definition) is 1. The quantitative estimate of drug-likeness (QED) is 0.822. The van der Waals surface area contributed by atoms with Gasteiger partial charge in [0.05, 0.1) is 0 Å². The summed E-state index contributed by atoms with van der Waals surface area (Å²) in [5.74, 6) is 1.44. The molecule has 0 heterocycles. The third-order valence-electron chi connectivity index (χ3n) is 2.54. The first kappa shape index (κ1) is 9.50. The molecule has 1 fully saturated rings. The van der Waals surface area contributed by atoms with E-state index >= 15 is 0 Å². The van der Waals surface area contributed by atoms with Gasteiger partial charge in [-0.1, -0.05) is 28.1 Å². The van der Waals surface area contributed by atoms with Gasteiger partial charge in [0, 0.05) is 11.0 Å². The maximum atomic E-state index is 5.46. The molecule has 1 aliphatic carbocycles. The first-order valence-electron chi connectivity index (χ1n) is 4.40. The Morgan fingerprint density at radius 1 is 1.54 bits per heavy atom. The minimum Gasteiger partial charge on any atom is -0.233 e. The Labute approximate surface area is 91.7 Å². The number of nitrogens with one attached hydrogen (secondary N) is 1. The minimum absolute atomic E-state index is 0.712. The van der Waals surface area contributed by atoms with Crippen LogP contribution in [0.3, 0.4) is 0 Å². The van der Waals surface area contributed by atoms with Crippen LogP contribution in [0, 0.1) is 5.92 Å². The zero-order valence-electron chi connectivity index (χ0n) is 7.13. The molecule has 1 saturated carbocycles. The second kappa shape index (κ2) is 3.99. The van der Waals surface area contributed by atoms with Crippen LogP contribution in [0.5, 0.6) is 0 Å². The molecule has 1 N–H and O–H groups in total. The third-order valence-corrected chi connectivity index (χ3v) is 3.19. The number of benzene rings is 1. The van der Waals surface area contributed by atoms with Gasteiger partial charge in [0.1, 0.15) is 0 Å². The first-order valence-corrected chi connectivity index (χ1v) is 5.57. The summed E-state index contributed by atoms with van der Waals surface area (Å²) >= 11 is 8.94. The Balaban J connectivity index is 2.03. The van der Waals surface area contributed by atoms with Crippen molar-refractivity contribution in [1.82, 2.24) is 4.84 Å². The molecule has 0 aromatic heterocycles. The van der Waals surface area contributed by atoms with E-state index in [2.05, 4.69) is 45.0 Å². The molecule has 3 heteroatoms. The van der Waals surface area contributed by atoms with E-state index in [1.54, 1.807) is 0 Å². The molecular formula is C10H11BrClN. The predicted molar refractivity (Wildman–Crippen MR) is 58.8 cm³/mol. The SMILES string of the molecule is ClNCC1CC1c1cccc(Br)c1. The van der Waals surface area contributed by atoms with Gasteiger partial charge in [-0.3, -0.25) is 0 Å². The molecule has 1 aliphatic rings. The van der Waals surface area contributed by atoms with Gasteiger partial charge in [0.25, 0.3) is 0 Å². The largest absolute Gasteiger partial charge is 0.233 e. The molecule has 2 rings (SSSR count). The smallest absolute Gasteiger partial charge is 0.0178 e. The Morgan fingerprint density at radius 2 is 2.38 bits per heavy atom. The second-order valence-corrected chi connectivity index (χ2v) is 4.68. The summed E-state index contributed by atoms with van der Waals surface area (Å²) in [6, 6.07) is 8.52. The fourth-order valence-corrected chi connectivity index (χ4v) is 2.33. The zero-order chi connectivity index (χ0) is 9.26. The average Bonchev–Trinajstić information content (AvgIpc) is 2.85. The van der Waals surface area contributed by atoms with Gasteiger partial charge in [0.2, 0.25) is 0 Å². The standard InChI is InChI=1S/C10H11BrClN/c11-9-3-1-2-7(4-9)10-5-8(10)6-13-12/h1-4,8,10,13H,5-6H2. The van der Waals surface area contributed by atoms with Gasteiger partial charge in [-0.25, -0.2) is 4.84 Å². The van der Waals surface area contributed by atoms with E-state index < -0.39 is 0 Å². The van der Waals surface area contributed by atoms with Gasteiger partial charge >= 0.3 is 0 Å². The topological polar surface area (TPSA) is 12.0 Å². The van der Waals surface area contributed by atoms with Crippen LogP contribution in [0.2, 0.25) is 0 Å². The van der Waals surface area contributed by atoms with Crippen LogP contribution in [0.25, 0.3) is 0 Å².